The normalized spacial score (nSPS) is 12.8. The predicted octanol–water partition coefficient (Wildman–Crippen LogP) is 2.33. The van der Waals surface area contributed by atoms with E-state index < -0.39 is 0 Å². The van der Waals surface area contributed by atoms with Crippen molar-refractivity contribution in [2.45, 2.75) is 0 Å². The molecule has 1 aliphatic rings. The maximum Gasteiger partial charge on any atom is 0.110 e. The van der Waals surface area contributed by atoms with Gasteiger partial charge in [-0.2, -0.15) is 5.10 Å². The Morgan fingerprint density at radius 3 is 2.58 bits per heavy atom. The monoisotopic (exact) mass is 245 g/mol. The molecule has 0 saturated carbocycles. The number of fused-ring (bicyclic) bond motifs is 4. The fraction of sp³-hybridized carbons (Fsp3) is 0. The lowest BCUT2D eigenvalue weighted by Crippen LogP contribution is -2.26. The second-order valence-electron chi connectivity index (χ2n) is 4.48. The third-order valence-electron chi connectivity index (χ3n) is 3.29. The van der Waals surface area contributed by atoms with E-state index in [0.29, 0.717) is 0 Å². The van der Waals surface area contributed by atoms with Crippen LogP contribution in [0.25, 0.3) is 16.8 Å². The van der Waals surface area contributed by atoms with E-state index in [9.17, 15) is 0 Å². The van der Waals surface area contributed by atoms with Gasteiger partial charge >= 0.3 is 0 Å². The SMILES string of the molecule is C1=Cc2c3ccccc3cn2N=c2ccccc2=N1. The summed E-state index contributed by atoms with van der Waals surface area (Å²) in [5.41, 5.74) is 1.06. The van der Waals surface area contributed by atoms with Crippen molar-refractivity contribution >= 4 is 16.8 Å². The minimum Gasteiger partial charge on any atom is -0.254 e. The molecule has 2 aromatic carbocycles. The summed E-state index contributed by atoms with van der Waals surface area (Å²) in [7, 11) is 0. The van der Waals surface area contributed by atoms with Gasteiger partial charge < -0.3 is 0 Å². The second-order valence-corrected chi connectivity index (χ2v) is 4.48. The van der Waals surface area contributed by atoms with E-state index in [4.69, 9.17) is 0 Å². The molecule has 4 rings (SSSR count). The first-order valence-corrected chi connectivity index (χ1v) is 6.20. The lowest BCUT2D eigenvalue weighted by atomic mass is 10.2. The number of hydrogen-bond acceptors (Lipinski definition) is 2. The van der Waals surface area contributed by atoms with E-state index in [0.717, 1.165) is 16.4 Å². The molecule has 0 bridgehead atoms. The van der Waals surface area contributed by atoms with Crippen LogP contribution in [-0.2, 0) is 0 Å². The molecule has 0 spiro atoms. The van der Waals surface area contributed by atoms with Crippen LogP contribution in [0.15, 0.2) is 71.0 Å². The summed E-state index contributed by atoms with van der Waals surface area (Å²) in [6.07, 6.45) is 5.89. The summed E-state index contributed by atoms with van der Waals surface area (Å²) >= 11 is 0. The molecule has 0 fully saturated rings. The topological polar surface area (TPSA) is 29.6 Å². The van der Waals surface area contributed by atoms with E-state index in [1.807, 2.05) is 53.4 Å². The molecule has 0 atom stereocenters. The molecule has 0 radical (unpaired) electrons. The van der Waals surface area contributed by atoms with Gasteiger partial charge in [-0.3, -0.25) is 4.99 Å². The van der Waals surface area contributed by atoms with Crippen molar-refractivity contribution in [2.75, 3.05) is 0 Å². The third kappa shape index (κ3) is 1.59. The highest BCUT2D eigenvalue weighted by Crippen LogP contribution is 2.22. The summed E-state index contributed by atoms with van der Waals surface area (Å²) in [4.78, 5) is 4.44. The number of rotatable bonds is 0. The molecule has 2 heterocycles. The lowest BCUT2D eigenvalue weighted by molar-refractivity contribution is 0.830. The summed E-state index contributed by atoms with van der Waals surface area (Å²) in [5.74, 6) is 0. The Kier molecular flexibility index (Phi) is 2.12. The van der Waals surface area contributed by atoms with Crippen LogP contribution in [0.5, 0.6) is 0 Å². The smallest absolute Gasteiger partial charge is 0.110 e. The molecule has 1 aliphatic heterocycles. The van der Waals surface area contributed by atoms with Crippen LogP contribution in [0.4, 0.5) is 0 Å². The average Bonchev–Trinajstić information content (AvgIpc) is 2.76. The zero-order valence-electron chi connectivity index (χ0n) is 10.2. The molecule has 1 aromatic heterocycles. The minimum absolute atomic E-state index is 0.883. The predicted molar refractivity (Wildman–Crippen MR) is 75.1 cm³/mol. The van der Waals surface area contributed by atoms with E-state index >= 15 is 0 Å². The molecule has 0 amide bonds. The Hall–Kier alpha value is -2.68. The van der Waals surface area contributed by atoms with Crippen molar-refractivity contribution in [2.24, 2.45) is 10.1 Å². The standard InChI is InChI=1S/C16H11N3/c1-2-6-13-12(5-1)11-19-16(13)9-10-17-14-7-3-4-8-15(14)18-19/h1-11H. The van der Waals surface area contributed by atoms with Crippen molar-refractivity contribution in [1.82, 2.24) is 4.68 Å². The zero-order valence-corrected chi connectivity index (χ0v) is 10.2. The fourth-order valence-electron chi connectivity index (χ4n) is 2.38. The molecule has 19 heavy (non-hydrogen) atoms. The molecule has 3 aromatic rings. The van der Waals surface area contributed by atoms with Crippen LogP contribution in [0.2, 0.25) is 0 Å². The van der Waals surface area contributed by atoms with Gasteiger partial charge in [-0.15, -0.1) is 0 Å². The van der Waals surface area contributed by atoms with Gasteiger partial charge in [0.2, 0.25) is 0 Å². The Labute approximate surface area is 109 Å². The molecule has 0 saturated heterocycles. The minimum atomic E-state index is 0.883. The number of aromatic nitrogens is 1. The highest BCUT2D eigenvalue weighted by Gasteiger charge is 2.06. The number of nitrogens with zero attached hydrogens (tertiary/aromatic N) is 3. The molecule has 0 aliphatic carbocycles. The summed E-state index contributed by atoms with van der Waals surface area (Å²) < 4.78 is 1.93. The van der Waals surface area contributed by atoms with Crippen LogP contribution in [-0.4, -0.2) is 4.68 Å². The first-order valence-electron chi connectivity index (χ1n) is 6.20. The second kappa shape index (κ2) is 3.92. The van der Waals surface area contributed by atoms with Gasteiger partial charge in [0.15, 0.2) is 0 Å². The molecule has 3 nitrogen and oxygen atoms in total. The fourth-order valence-corrected chi connectivity index (χ4v) is 2.38. The quantitative estimate of drug-likeness (QED) is 0.582. The van der Waals surface area contributed by atoms with Gasteiger partial charge in [0.1, 0.15) is 5.36 Å². The maximum absolute atomic E-state index is 4.67. The van der Waals surface area contributed by atoms with Crippen LogP contribution in [0.1, 0.15) is 5.69 Å². The first kappa shape index (κ1) is 10.3. The van der Waals surface area contributed by atoms with Crippen molar-refractivity contribution in [3.63, 3.8) is 0 Å². The number of benzene rings is 2. The summed E-state index contributed by atoms with van der Waals surface area (Å²) in [6.45, 7) is 0. The Balaban J connectivity index is 2.14. The summed E-state index contributed by atoms with van der Waals surface area (Å²) in [5, 5.41) is 8.82. The van der Waals surface area contributed by atoms with Crippen molar-refractivity contribution < 1.29 is 0 Å². The largest absolute Gasteiger partial charge is 0.254 e. The maximum atomic E-state index is 4.67. The van der Waals surface area contributed by atoms with Gasteiger partial charge in [-0.05, 0) is 18.2 Å². The van der Waals surface area contributed by atoms with Gasteiger partial charge in [0.05, 0.1) is 11.1 Å². The van der Waals surface area contributed by atoms with E-state index in [-0.39, 0.29) is 0 Å². The van der Waals surface area contributed by atoms with Gasteiger partial charge in [-0.1, -0.05) is 36.4 Å². The molecular formula is C16H11N3. The Morgan fingerprint density at radius 1 is 0.842 bits per heavy atom. The average molecular weight is 245 g/mol. The third-order valence-corrected chi connectivity index (χ3v) is 3.29. The molecule has 90 valence electrons. The van der Waals surface area contributed by atoms with Crippen LogP contribution < -0.4 is 10.7 Å². The van der Waals surface area contributed by atoms with Crippen LogP contribution >= 0.6 is 0 Å². The summed E-state index contributed by atoms with van der Waals surface area (Å²) in [6, 6.07) is 16.2. The van der Waals surface area contributed by atoms with E-state index in [2.05, 4.69) is 28.4 Å². The van der Waals surface area contributed by atoms with Crippen LogP contribution in [0, 0.1) is 0 Å². The van der Waals surface area contributed by atoms with Crippen LogP contribution in [0.3, 0.4) is 0 Å². The van der Waals surface area contributed by atoms with E-state index in [1.165, 1.54) is 10.8 Å². The molecule has 0 unspecified atom stereocenters. The van der Waals surface area contributed by atoms with Gasteiger partial charge in [0.25, 0.3) is 0 Å². The highest BCUT2D eigenvalue weighted by atomic mass is 15.3. The molecular weight excluding hydrogens is 234 g/mol. The number of hydrogen-bond donors (Lipinski definition) is 0. The molecule has 3 heteroatoms. The van der Waals surface area contributed by atoms with Gasteiger partial charge in [0, 0.05) is 23.2 Å². The first-order chi connectivity index (χ1) is 9.42. The Bertz CT molecular complexity index is 917. The van der Waals surface area contributed by atoms with Crippen molar-refractivity contribution in [3.8, 4) is 0 Å². The van der Waals surface area contributed by atoms with Gasteiger partial charge in [-0.25, -0.2) is 4.68 Å². The molecule has 0 N–H and O–H groups in total. The van der Waals surface area contributed by atoms with Crippen molar-refractivity contribution in [3.05, 3.63) is 77.3 Å². The Morgan fingerprint density at radius 2 is 1.63 bits per heavy atom. The zero-order chi connectivity index (χ0) is 12.7. The lowest BCUT2D eigenvalue weighted by Gasteiger charge is -2.00. The van der Waals surface area contributed by atoms with E-state index in [1.54, 1.807) is 0 Å². The highest BCUT2D eigenvalue weighted by molar-refractivity contribution is 5.90. The van der Waals surface area contributed by atoms with Crippen molar-refractivity contribution in [1.29, 1.82) is 0 Å². The number of para-hydroxylation sites is 1.